The van der Waals surface area contributed by atoms with Gasteiger partial charge in [-0.3, -0.25) is 9.59 Å². The van der Waals surface area contributed by atoms with Crippen LogP contribution in [0, 0.1) is 20.8 Å². The first-order valence-corrected chi connectivity index (χ1v) is 10.9. The lowest BCUT2D eigenvalue weighted by molar-refractivity contribution is -0.119. The number of benzene rings is 3. The number of aryl methyl sites for hydroxylation is 3. The van der Waals surface area contributed by atoms with Gasteiger partial charge < -0.3 is 0 Å². The highest BCUT2D eigenvalue weighted by molar-refractivity contribution is 8.03. The van der Waals surface area contributed by atoms with Crippen molar-refractivity contribution in [3.05, 3.63) is 106 Å². The Morgan fingerprint density at radius 2 is 1.47 bits per heavy atom. The van der Waals surface area contributed by atoms with E-state index >= 15 is 0 Å². The molecular weight excluding hydrogens is 390 g/mol. The Bertz CT molecular complexity index is 1150. The standard InChI is InChI=1S/C26H23NO2S/c1-17-9-12-21(13-10-17)23-24(30-16-20-7-5-4-6-8-20)26(29)27(25(23)28)22-14-11-18(2)19(3)15-22/h4-15H,16H2,1-3H3. The van der Waals surface area contributed by atoms with Crippen molar-refractivity contribution in [2.75, 3.05) is 4.90 Å². The van der Waals surface area contributed by atoms with Gasteiger partial charge in [0.05, 0.1) is 16.2 Å². The normalized spacial score (nSPS) is 14.0. The Kier molecular flexibility index (Phi) is 5.60. The largest absolute Gasteiger partial charge is 0.272 e. The highest BCUT2D eigenvalue weighted by Gasteiger charge is 2.40. The van der Waals surface area contributed by atoms with Gasteiger partial charge in [0.25, 0.3) is 11.8 Å². The maximum atomic E-state index is 13.5. The molecule has 3 aromatic rings. The summed E-state index contributed by atoms with van der Waals surface area (Å²) in [5.74, 6) is 0.119. The fourth-order valence-electron chi connectivity index (χ4n) is 3.45. The number of amides is 2. The number of thioether (sulfide) groups is 1. The molecule has 1 heterocycles. The molecule has 0 fully saturated rings. The van der Waals surface area contributed by atoms with Gasteiger partial charge in [-0.15, -0.1) is 11.8 Å². The van der Waals surface area contributed by atoms with Crippen LogP contribution in [0.1, 0.15) is 27.8 Å². The first kappa shape index (κ1) is 20.2. The minimum Gasteiger partial charge on any atom is -0.268 e. The number of imide groups is 1. The van der Waals surface area contributed by atoms with Crippen molar-refractivity contribution in [3.8, 4) is 0 Å². The quantitative estimate of drug-likeness (QED) is 0.494. The molecule has 4 rings (SSSR count). The van der Waals surface area contributed by atoms with Gasteiger partial charge >= 0.3 is 0 Å². The van der Waals surface area contributed by atoms with Crippen LogP contribution in [-0.4, -0.2) is 11.8 Å². The van der Waals surface area contributed by atoms with Crippen LogP contribution in [0.3, 0.4) is 0 Å². The van der Waals surface area contributed by atoms with Gasteiger partial charge in [-0.1, -0.05) is 66.2 Å². The molecule has 0 saturated heterocycles. The number of carbonyl (C=O) groups excluding carboxylic acids is 2. The minimum atomic E-state index is -0.261. The number of nitrogens with zero attached hydrogens (tertiary/aromatic N) is 1. The van der Waals surface area contributed by atoms with Crippen LogP contribution >= 0.6 is 11.8 Å². The molecule has 3 aromatic carbocycles. The highest BCUT2D eigenvalue weighted by Crippen LogP contribution is 2.40. The topological polar surface area (TPSA) is 37.4 Å². The van der Waals surface area contributed by atoms with Crippen molar-refractivity contribution in [2.45, 2.75) is 26.5 Å². The highest BCUT2D eigenvalue weighted by atomic mass is 32.2. The number of hydrogen-bond donors (Lipinski definition) is 0. The van der Waals surface area contributed by atoms with Crippen LogP contribution in [0.15, 0.2) is 77.7 Å². The van der Waals surface area contributed by atoms with Crippen LogP contribution in [0.5, 0.6) is 0 Å². The second-order valence-corrected chi connectivity index (χ2v) is 8.54. The van der Waals surface area contributed by atoms with Gasteiger partial charge in [0.2, 0.25) is 0 Å². The zero-order chi connectivity index (χ0) is 21.3. The maximum Gasteiger partial charge on any atom is 0.272 e. The van der Waals surface area contributed by atoms with Crippen LogP contribution in [0.25, 0.3) is 5.57 Å². The van der Waals surface area contributed by atoms with E-state index in [9.17, 15) is 9.59 Å². The van der Waals surface area contributed by atoms with Gasteiger partial charge in [0.1, 0.15) is 0 Å². The van der Waals surface area contributed by atoms with Gasteiger partial charge in [0, 0.05) is 5.75 Å². The van der Waals surface area contributed by atoms with E-state index < -0.39 is 0 Å². The molecule has 1 aliphatic heterocycles. The zero-order valence-corrected chi connectivity index (χ0v) is 18.1. The molecule has 0 spiro atoms. The molecule has 2 amide bonds. The van der Waals surface area contributed by atoms with E-state index in [1.54, 1.807) is 0 Å². The zero-order valence-electron chi connectivity index (χ0n) is 17.3. The van der Waals surface area contributed by atoms with Crippen molar-refractivity contribution < 1.29 is 9.59 Å². The summed E-state index contributed by atoms with van der Waals surface area (Å²) in [6.45, 7) is 6.01. The fourth-order valence-corrected chi connectivity index (χ4v) is 4.51. The average Bonchev–Trinajstić information content (AvgIpc) is 2.99. The molecule has 4 heteroatoms. The van der Waals surface area contributed by atoms with Crippen molar-refractivity contribution in [1.29, 1.82) is 0 Å². The monoisotopic (exact) mass is 413 g/mol. The van der Waals surface area contributed by atoms with E-state index in [0.29, 0.717) is 21.9 Å². The molecule has 150 valence electrons. The molecule has 3 nitrogen and oxygen atoms in total. The smallest absolute Gasteiger partial charge is 0.268 e. The molecule has 30 heavy (non-hydrogen) atoms. The summed E-state index contributed by atoms with van der Waals surface area (Å²) in [6, 6.07) is 23.5. The molecular formula is C26H23NO2S. The Morgan fingerprint density at radius 3 is 2.13 bits per heavy atom. The Balaban J connectivity index is 1.75. The van der Waals surface area contributed by atoms with Crippen LogP contribution in [0.2, 0.25) is 0 Å². The maximum absolute atomic E-state index is 13.5. The second kappa shape index (κ2) is 8.33. The van der Waals surface area contributed by atoms with Crippen LogP contribution in [0.4, 0.5) is 5.69 Å². The lowest BCUT2D eigenvalue weighted by Crippen LogP contribution is -2.31. The van der Waals surface area contributed by atoms with E-state index in [2.05, 4.69) is 0 Å². The first-order valence-electron chi connectivity index (χ1n) is 9.90. The van der Waals surface area contributed by atoms with Crippen LogP contribution < -0.4 is 4.90 Å². The van der Waals surface area contributed by atoms with E-state index in [4.69, 9.17) is 0 Å². The minimum absolute atomic E-state index is 0.250. The summed E-state index contributed by atoms with van der Waals surface area (Å²) in [5, 5.41) is 0. The Labute approximate surface area is 181 Å². The number of rotatable bonds is 5. The SMILES string of the molecule is Cc1ccc(C2=C(SCc3ccccc3)C(=O)N(c3ccc(C)c(C)c3)C2=O)cc1. The predicted octanol–water partition coefficient (Wildman–Crippen LogP) is 5.83. The summed E-state index contributed by atoms with van der Waals surface area (Å²) >= 11 is 1.43. The number of hydrogen-bond acceptors (Lipinski definition) is 3. The van der Waals surface area contributed by atoms with Gasteiger partial charge in [0.15, 0.2) is 0 Å². The molecule has 1 aliphatic rings. The first-order chi connectivity index (χ1) is 14.5. The molecule has 0 radical (unpaired) electrons. The summed E-state index contributed by atoms with van der Waals surface area (Å²) in [7, 11) is 0. The fraction of sp³-hybridized carbons (Fsp3) is 0.154. The van der Waals surface area contributed by atoms with Gasteiger partial charge in [-0.05, 0) is 55.2 Å². The third-order valence-corrected chi connectivity index (χ3v) is 6.50. The Hall–Kier alpha value is -3.11. The molecule has 0 aromatic heterocycles. The second-order valence-electron chi connectivity index (χ2n) is 7.56. The van der Waals surface area contributed by atoms with E-state index in [1.165, 1.54) is 16.7 Å². The molecule has 0 bridgehead atoms. The van der Waals surface area contributed by atoms with Crippen molar-refractivity contribution in [2.24, 2.45) is 0 Å². The molecule has 0 saturated carbocycles. The summed E-state index contributed by atoms with van der Waals surface area (Å²) < 4.78 is 0. The van der Waals surface area contributed by atoms with Crippen LogP contribution in [-0.2, 0) is 15.3 Å². The third kappa shape index (κ3) is 3.83. The van der Waals surface area contributed by atoms with E-state index in [1.807, 2.05) is 93.6 Å². The molecule has 0 N–H and O–H groups in total. The lowest BCUT2D eigenvalue weighted by atomic mass is 10.0. The predicted molar refractivity (Wildman–Crippen MR) is 124 cm³/mol. The summed E-state index contributed by atoms with van der Waals surface area (Å²) in [5.41, 5.74) is 6.29. The lowest BCUT2D eigenvalue weighted by Gasteiger charge is -2.16. The summed E-state index contributed by atoms with van der Waals surface area (Å²) in [6.07, 6.45) is 0. The average molecular weight is 414 g/mol. The molecule has 0 aliphatic carbocycles. The Morgan fingerprint density at radius 1 is 0.767 bits per heavy atom. The number of anilines is 1. The molecule has 0 atom stereocenters. The van der Waals surface area contributed by atoms with Gasteiger partial charge in [-0.25, -0.2) is 4.90 Å². The molecule has 0 unspecified atom stereocenters. The van der Waals surface area contributed by atoms with Gasteiger partial charge in [-0.2, -0.15) is 0 Å². The van der Waals surface area contributed by atoms with E-state index in [-0.39, 0.29) is 11.8 Å². The van der Waals surface area contributed by atoms with E-state index in [0.717, 1.165) is 27.8 Å². The summed E-state index contributed by atoms with van der Waals surface area (Å²) in [4.78, 5) is 28.7. The number of carbonyl (C=O) groups is 2. The van der Waals surface area contributed by atoms with Crippen molar-refractivity contribution in [3.63, 3.8) is 0 Å². The third-order valence-electron chi connectivity index (χ3n) is 5.36. The van der Waals surface area contributed by atoms with Crippen molar-refractivity contribution in [1.82, 2.24) is 0 Å². The van der Waals surface area contributed by atoms with Crippen molar-refractivity contribution >= 4 is 34.8 Å².